The van der Waals surface area contributed by atoms with Gasteiger partial charge in [0.15, 0.2) is 0 Å². The van der Waals surface area contributed by atoms with E-state index in [0.717, 1.165) is 0 Å². The molecule has 1 aliphatic rings. The molecule has 2 aromatic rings. The van der Waals surface area contributed by atoms with Crippen LogP contribution in [0.25, 0.3) is 10.9 Å². The van der Waals surface area contributed by atoms with Gasteiger partial charge < -0.3 is 9.88 Å². The second-order valence-corrected chi connectivity index (χ2v) is 7.79. The van der Waals surface area contributed by atoms with Gasteiger partial charge in [-0.25, -0.2) is 4.98 Å². The van der Waals surface area contributed by atoms with Crippen LogP contribution in [-0.4, -0.2) is 27.8 Å². The number of carbonyl (C=O) groups excluding carboxylic acids is 1. The molecule has 2 atom stereocenters. The number of nitrogens with zero attached hydrogens (tertiary/aromatic N) is 2. The van der Waals surface area contributed by atoms with Gasteiger partial charge >= 0.3 is 0 Å². The highest BCUT2D eigenvalue weighted by Crippen LogP contribution is 2.60. The first-order chi connectivity index (χ1) is 11.7. The Hall–Kier alpha value is -2.43. The van der Waals surface area contributed by atoms with E-state index in [1.807, 2.05) is 18.2 Å². The molecule has 0 saturated heterocycles. The minimum absolute atomic E-state index is 0.0143. The van der Waals surface area contributed by atoms with Crippen molar-refractivity contribution >= 4 is 16.8 Å². The maximum absolute atomic E-state index is 12.8. The van der Waals surface area contributed by atoms with Crippen LogP contribution in [-0.2, 0) is 11.3 Å². The number of hydrogen-bond acceptors (Lipinski definition) is 3. The zero-order valence-corrected chi connectivity index (χ0v) is 15.5. The maximum Gasteiger partial charge on any atom is 0.258 e. The summed E-state index contributed by atoms with van der Waals surface area (Å²) >= 11 is 0. The van der Waals surface area contributed by atoms with E-state index in [2.05, 4.69) is 43.7 Å². The summed E-state index contributed by atoms with van der Waals surface area (Å²) in [6, 6.07) is 7.22. The van der Waals surface area contributed by atoms with Gasteiger partial charge in [0, 0.05) is 7.05 Å². The van der Waals surface area contributed by atoms with Gasteiger partial charge in [-0.2, -0.15) is 0 Å². The maximum atomic E-state index is 12.8. The van der Waals surface area contributed by atoms with E-state index in [0.29, 0.717) is 23.3 Å². The summed E-state index contributed by atoms with van der Waals surface area (Å²) in [6.07, 6.45) is 2.19. The smallest absolute Gasteiger partial charge is 0.258 e. The first kappa shape index (κ1) is 17.4. The largest absolute Gasteiger partial charge is 0.338 e. The molecule has 5 nitrogen and oxygen atoms in total. The molecule has 1 fully saturated rings. The number of rotatable bonds is 4. The molecule has 0 bridgehead atoms. The van der Waals surface area contributed by atoms with Crippen molar-refractivity contribution < 1.29 is 4.79 Å². The van der Waals surface area contributed by atoms with E-state index in [1.165, 1.54) is 5.57 Å². The molecule has 25 heavy (non-hydrogen) atoms. The SMILES string of the molecule is CC(C)=C[C@H]1[C@@H](C(=O)N(C)Cc2nc3ccccc3c(=O)[nH]2)C1(C)C. The Morgan fingerprint density at radius 2 is 2.00 bits per heavy atom. The number of aromatic nitrogens is 2. The van der Waals surface area contributed by atoms with Gasteiger partial charge in [-0.3, -0.25) is 9.59 Å². The van der Waals surface area contributed by atoms with Crippen LogP contribution < -0.4 is 5.56 Å². The van der Waals surface area contributed by atoms with E-state index in [9.17, 15) is 9.59 Å². The van der Waals surface area contributed by atoms with Gasteiger partial charge in [-0.05, 0) is 37.3 Å². The molecule has 1 aliphatic carbocycles. The highest BCUT2D eigenvalue weighted by atomic mass is 16.2. The first-order valence-electron chi connectivity index (χ1n) is 8.59. The topological polar surface area (TPSA) is 66.1 Å². The lowest BCUT2D eigenvalue weighted by Crippen LogP contribution is -2.31. The number of hydrogen-bond donors (Lipinski definition) is 1. The number of allylic oxidation sites excluding steroid dienone is 2. The average Bonchev–Trinajstić information content (AvgIpc) is 3.06. The molecular formula is C20H25N3O2. The summed E-state index contributed by atoms with van der Waals surface area (Å²) in [6.45, 7) is 8.67. The molecule has 1 aromatic carbocycles. The van der Waals surface area contributed by atoms with Crippen molar-refractivity contribution in [1.29, 1.82) is 0 Å². The van der Waals surface area contributed by atoms with Crippen molar-refractivity contribution in [2.45, 2.75) is 34.2 Å². The molecule has 3 rings (SSSR count). The molecule has 0 unspecified atom stereocenters. The van der Waals surface area contributed by atoms with Gasteiger partial charge in [-0.15, -0.1) is 0 Å². The van der Waals surface area contributed by atoms with Crippen LogP contribution in [0.2, 0.25) is 0 Å². The first-order valence-corrected chi connectivity index (χ1v) is 8.59. The molecule has 1 amide bonds. The molecule has 5 heteroatoms. The van der Waals surface area contributed by atoms with Crippen molar-refractivity contribution in [1.82, 2.24) is 14.9 Å². The van der Waals surface area contributed by atoms with E-state index in [4.69, 9.17) is 0 Å². The van der Waals surface area contributed by atoms with Crippen LogP contribution in [0, 0.1) is 17.3 Å². The van der Waals surface area contributed by atoms with Crippen molar-refractivity contribution in [2.24, 2.45) is 17.3 Å². The molecule has 0 radical (unpaired) electrons. The lowest BCUT2D eigenvalue weighted by atomic mass is 10.1. The van der Waals surface area contributed by atoms with E-state index < -0.39 is 0 Å². The van der Waals surface area contributed by atoms with Crippen LogP contribution in [0.3, 0.4) is 0 Å². The van der Waals surface area contributed by atoms with E-state index in [1.54, 1.807) is 18.0 Å². The monoisotopic (exact) mass is 339 g/mol. The second-order valence-electron chi connectivity index (χ2n) is 7.79. The highest BCUT2D eigenvalue weighted by molar-refractivity contribution is 5.83. The lowest BCUT2D eigenvalue weighted by Gasteiger charge is -2.17. The number of fused-ring (bicyclic) bond motifs is 1. The van der Waals surface area contributed by atoms with Crippen LogP contribution in [0.1, 0.15) is 33.5 Å². The van der Waals surface area contributed by atoms with Crippen LogP contribution in [0.15, 0.2) is 40.7 Å². The Bertz CT molecular complexity index is 907. The Labute approximate surface area is 147 Å². The van der Waals surface area contributed by atoms with Gasteiger partial charge in [-0.1, -0.05) is 37.6 Å². The van der Waals surface area contributed by atoms with E-state index >= 15 is 0 Å². The fraction of sp³-hybridized carbons (Fsp3) is 0.450. The predicted molar refractivity (Wildman–Crippen MR) is 99.0 cm³/mol. The zero-order valence-electron chi connectivity index (χ0n) is 15.5. The van der Waals surface area contributed by atoms with Crippen molar-refractivity contribution in [3.8, 4) is 0 Å². The fourth-order valence-electron chi connectivity index (χ4n) is 3.57. The molecule has 1 heterocycles. The minimum atomic E-state index is -0.171. The number of benzene rings is 1. The van der Waals surface area contributed by atoms with Crippen molar-refractivity contribution in [3.63, 3.8) is 0 Å². The number of nitrogens with one attached hydrogen (secondary N) is 1. The normalized spacial score (nSPS) is 21.0. The van der Waals surface area contributed by atoms with Crippen molar-refractivity contribution in [2.75, 3.05) is 7.05 Å². The predicted octanol–water partition coefficient (Wildman–Crippen LogP) is 3.12. The molecule has 0 spiro atoms. The average molecular weight is 339 g/mol. The Kier molecular flexibility index (Phi) is 4.27. The van der Waals surface area contributed by atoms with Crippen LogP contribution >= 0.6 is 0 Å². The second kappa shape index (κ2) is 6.14. The third-order valence-corrected chi connectivity index (χ3v) is 5.11. The summed E-state index contributed by atoms with van der Waals surface area (Å²) < 4.78 is 0. The quantitative estimate of drug-likeness (QED) is 0.870. The number of carbonyl (C=O) groups is 1. The van der Waals surface area contributed by atoms with E-state index in [-0.39, 0.29) is 28.7 Å². The zero-order chi connectivity index (χ0) is 18.4. The van der Waals surface area contributed by atoms with Gasteiger partial charge in [0.25, 0.3) is 5.56 Å². The number of H-pyrrole nitrogens is 1. The van der Waals surface area contributed by atoms with Gasteiger partial charge in [0.05, 0.1) is 23.4 Å². The summed E-state index contributed by atoms with van der Waals surface area (Å²) in [7, 11) is 1.77. The Morgan fingerprint density at radius 1 is 1.32 bits per heavy atom. The third-order valence-electron chi connectivity index (χ3n) is 5.11. The molecule has 132 valence electrons. The van der Waals surface area contributed by atoms with Crippen LogP contribution in [0.5, 0.6) is 0 Å². The van der Waals surface area contributed by atoms with Crippen molar-refractivity contribution in [3.05, 3.63) is 52.1 Å². The summed E-state index contributed by atoms with van der Waals surface area (Å²) in [5.74, 6) is 0.871. The number of para-hydroxylation sites is 1. The summed E-state index contributed by atoms with van der Waals surface area (Å²) in [5, 5.41) is 0.562. The minimum Gasteiger partial charge on any atom is -0.338 e. The van der Waals surface area contributed by atoms with Gasteiger partial charge in [0.2, 0.25) is 5.91 Å². The highest BCUT2D eigenvalue weighted by Gasteiger charge is 2.60. The number of amides is 1. The van der Waals surface area contributed by atoms with Gasteiger partial charge in [0.1, 0.15) is 5.82 Å². The molecule has 1 saturated carbocycles. The summed E-state index contributed by atoms with van der Waals surface area (Å²) in [5.41, 5.74) is 1.69. The molecule has 1 N–H and O–H groups in total. The lowest BCUT2D eigenvalue weighted by molar-refractivity contribution is -0.132. The Morgan fingerprint density at radius 3 is 2.68 bits per heavy atom. The molecular weight excluding hydrogens is 314 g/mol. The fourth-order valence-corrected chi connectivity index (χ4v) is 3.57. The molecule has 1 aromatic heterocycles. The van der Waals surface area contributed by atoms with Crippen LogP contribution in [0.4, 0.5) is 0 Å². The summed E-state index contributed by atoms with van der Waals surface area (Å²) in [4.78, 5) is 33.9. The number of aromatic amines is 1. The Balaban J connectivity index is 1.79. The third kappa shape index (κ3) is 3.23. The standard InChI is InChI=1S/C20H25N3O2/c1-12(2)10-14-17(20(14,3)4)19(25)23(5)11-16-21-15-9-7-6-8-13(15)18(24)22-16/h6-10,14,17H,11H2,1-5H3,(H,21,22,24)/t14-,17-/m0/s1. The molecule has 0 aliphatic heterocycles.